The van der Waals surface area contributed by atoms with Gasteiger partial charge < -0.3 is 29.6 Å². The molecule has 1 fully saturated rings. The number of benzene rings is 2. The Bertz CT molecular complexity index is 1610. The molecule has 2 aromatic carbocycles. The Morgan fingerprint density at radius 3 is 2.11 bits per heavy atom. The average molecular weight is 654 g/mol. The summed E-state index contributed by atoms with van der Waals surface area (Å²) >= 11 is 0. The second-order valence-corrected chi connectivity index (χ2v) is 12.6. The number of anilines is 1. The summed E-state index contributed by atoms with van der Waals surface area (Å²) in [5.74, 6) is -1.19. The molecule has 0 radical (unpaired) electrons. The predicted molar refractivity (Wildman–Crippen MR) is 165 cm³/mol. The number of aliphatic hydroxyl groups is 1. The largest absolute Gasteiger partial charge is 0.460 e. The van der Waals surface area contributed by atoms with Crippen LogP contribution in [0.25, 0.3) is 11.2 Å². The van der Waals surface area contributed by atoms with Gasteiger partial charge in [0.1, 0.15) is 43.2 Å². The molecule has 15 nitrogen and oxygen atoms in total. The number of fused-ring (bicyclic) bond motifs is 1. The summed E-state index contributed by atoms with van der Waals surface area (Å²) in [5.41, 5.74) is 8.17. The van der Waals surface area contributed by atoms with Crippen molar-refractivity contribution in [2.24, 2.45) is 0 Å². The highest BCUT2D eigenvalue weighted by Crippen LogP contribution is 2.41. The van der Waals surface area contributed by atoms with Gasteiger partial charge in [0.25, 0.3) is 0 Å². The third-order valence-corrected chi connectivity index (χ3v) is 9.12. The Morgan fingerprint density at radius 1 is 0.978 bits per heavy atom. The third-order valence-electron chi connectivity index (χ3n) is 7.15. The number of nitrogens with zero attached hydrogens (tertiary/aromatic N) is 4. The Kier molecular flexibility index (Phi) is 10.7. The maximum Gasteiger partial charge on any atom is 0.342 e. The molecule has 5 rings (SSSR count). The van der Waals surface area contributed by atoms with E-state index in [4.69, 9.17) is 24.5 Å². The number of imidazole rings is 1. The van der Waals surface area contributed by atoms with E-state index in [1.807, 2.05) is 36.4 Å². The molecule has 4 aromatic rings. The van der Waals surface area contributed by atoms with Crippen LogP contribution in [-0.2, 0) is 46.1 Å². The SMILES string of the molecule is C[C@H](NP(=O)(N[C@@H](C)C(=O)OCc1ccccc1)OC[C@@H]1C[C@H](O)[C@H](n2cnc3c(N)ncnc32)O1)C(=O)OCc1ccccc1. The van der Waals surface area contributed by atoms with Gasteiger partial charge in [-0.25, -0.2) is 25.1 Å². The lowest BCUT2D eigenvalue weighted by molar-refractivity contribution is -0.147. The molecule has 0 amide bonds. The fourth-order valence-corrected chi connectivity index (χ4v) is 6.60. The van der Waals surface area contributed by atoms with Crippen molar-refractivity contribution in [3.8, 4) is 0 Å². The number of ether oxygens (including phenoxy) is 3. The highest BCUT2D eigenvalue weighted by atomic mass is 31.2. The van der Waals surface area contributed by atoms with Gasteiger partial charge in [-0.15, -0.1) is 0 Å². The van der Waals surface area contributed by atoms with Gasteiger partial charge in [-0.2, -0.15) is 0 Å². The van der Waals surface area contributed by atoms with Crippen LogP contribution in [0.2, 0.25) is 0 Å². The van der Waals surface area contributed by atoms with Crippen molar-refractivity contribution >= 4 is 36.6 Å². The highest BCUT2D eigenvalue weighted by molar-refractivity contribution is 7.54. The number of nitrogens with two attached hydrogens (primary N) is 1. The number of carbonyl (C=O) groups excluding carboxylic acids is 2. The van der Waals surface area contributed by atoms with E-state index in [0.717, 1.165) is 11.1 Å². The minimum absolute atomic E-state index is 0.0151. The van der Waals surface area contributed by atoms with Crippen LogP contribution >= 0.6 is 7.67 Å². The van der Waals surface area contributed by atoms with Crippen LogP contribution in [0.4, 0.5) is 5.82 Å². The number of aromatic nitrogens is 4. The van der Waals surface area contributed by atoms with E-state index in [0.29, 0.717) is 11.2 Å². The van der Waals surface area contributed by atoms with Crippen LogP contribution in [-0.4, -0.2) is 67.5 Å². The van der Waals surface area contributed by atoms with E-state index < -0.39 is 50.1 Å². The van der Waals surface area contributed by atoms with Crippen LogP contribution in [0.3, 0.4) is 0 Å². The van der Waals surface area contributed by atoms with E-state index in [1.165, 1.54) is 31.1 Å². The highest BCUT2D eigenvalue weighted by Gasteiger charge is 2.39. The summed E-state index contributed by atoms with van der Waals surface area (Å²) in [6.07, 6.45) is 0.242. The van der Waals surface area contributed by atoms with Crippen LogP contribution in [0.5, 0.6) is 0 Å². The topological polar surface area (TPSA) is 202 Å². The molecule has 3 heterocycles. The molecule has 0 bridgehead atoms. The quantitative estimate of drug-likeness (QED) is 0.114. The fraction of sp³-hybridized carbons (Fsp3) is 0.367. The van der Waals surface area contributed by atoms with Crippen molar-refractivity contribution in [2.45, 2.75) is 64.0 Å². The first kappa shape index (κ1) is 33.1. The number of nitrogen functional groups attached to an aromatic ring is 1. The zero-order chi connectivity index (χ0) is 32.7. The third kappa shape index (κ3) is 8.31. The van der Waals surface area contributed by atoms with Crippen LogP contribution in [0.15, 0.2) is 73.3 Å². The molecular formula is C30H36N7O8P. The minimum atomic E-state index is -4.15. The predicted octanol–water partition coefficient (Wildman–Crippen LogP) is 2.62. The van der Waals surface area contributed by atoms with Crippen LogP contribution in [0, 0.1) is 0 Å². The first-order valence-electron chi connectivity index (χ1n) is 14.6. The molecule has 5 atom stereocenters. The normalized spacial score (nSPS) is 19.5. The first-order valence-corrected chi connectivity index (χ1v) is 16.2. The van der Waals surface area contributed by atoms with Crippen molar-refractivity contribution in [1.82, 2.24) is 29.7 Å². The van der Waals surface area contributed by atoms with E-state index in [-0.39, 0.29) is 32.1 Å². The molecule has 1 aliphatic rings. The van der Waals surface area contributed by atoms with Crippen molar-refractivity contribution in [3.05, 3.63) is 84.4 Å². The van der Waals surface area contributed by atoms with Gasteiger partial charge in [-0.05, 0) is 25.0 Å². The molecule has 1 saturated heterocycles. The minimum Gasteiger partial charge on any atom is -0.460 e. The Hall–Kier alpha value is -4.24. The molecule has 244 valence electrons. The number of hydrogen-bond acceptors (Lipinski definition) is 12. The maximum absolute atomic E-state index is 14.1. The summed E-state index contributed by atoms with van der Waals surface area (Å²) in [5, 5.41) is 16.1. The Labute approximate surface area is 265 Å². The van der Waals surface area contributed by atoms with Gasteiger partial charge in [-0.1, -0.05) is 60.7 Å². The molecule has 46 heavy (non-hydrogen) atoms. The standard InChI is InChI=1S/C30H36N7O8P/c1-19(29(39)42-14-21-9-5-3-6-10-21)35-46(41,36-20(2)30(40)43-15-22-11-7-4-8-12-22)44-16-23-13-24(38)28(45-23)37-18-34-25-26(31)32-17-33-27(25)37/h3-12,17-20,23-24,28,38H,13-16H2,1-2H3,(H2,31,32,33)(H2,35,36,41)/t19-,20-,23-,24-,28+/m0/s1. The zero-order valence-electron chi connectivity index (χ0n) is 25.3. The summed E-state index contributed by atoms with van der Waals surface area (Å²) in [7, 11) is -4.15. The van der Waals surface area contributed by atoms with Crippen LogP contribution < -0.4 is 15.9 Å². The lowest BCUT2D eigenvalue weighted by Gasteiger charge is -2.27. The molecule has 16 heteroatoms. The molecule has 0 spiro atoms. The van der Waals surface area contributed by atoms with Crippen molar-refractivity contribution in [2.75, 3.05) is 12.3 Å². The number of carbonyl (C=O) groups is 2. The van der Waals surface area contributed by atoms with E-state index >= 15 is 0 Å². The van der Waals surface area contributed by atoms with Crippen LogP contribution in [0.1, 0.15) is 37.6 Å². The second kappa shape index (κ2) is 14.9. The van der Waals surface area contributed by atoms with Gasteiger partial charge in [0, 0.05) is 6.42 Å². The van der Waals surface area contributed by atoms with Crippen molar-refractivity contribution < 1.29 is 38.0 Å². The van der Waals surface area contributed by atoms with Gasteiger partial charge in [-0.3, -0.25) is 18.7 Å². The second-order valence-electron chi connectivity index (χ2n) is 10.8. The monoisotopic (exact) mass is 653 g/mol. The van der Waals surface area contributed by atoms with Gasteiger partial charge in [0.15, 0.2) is 17.7 Å². The summed E-state index contributed by atoms with van der Waals surface area (Å²) in [6, 6.07) is 16.0. The van der Waals surface area contributed by atoms with E-state index in [9.17, 15) is 19.3 Å². The Morgan fingerprint density at radius 2 is 1.54 bits per heavy atom. The molecule has 5 N–H and O–H groups in total. The van der Waals surface area contributed by atoms with Gasteiger partial charge in [0.2, 0.25) is 0 Å². The lowest BCUT2D eigenvalue weighted by Crippen LogP contribution is -2.42. The molecule has 0 saturated carbocycles. The number of hydrogen-bond donors (Lipinski definition) is 4. The summed E-state index contributed by atoms with van der Waals surface area (Å²) < 4.78 is 38.3. The molecule has 0 unspecified atom stereocenters. The molecule has 1 aliphatic heterocycles. The molecule has 2 aromatic heterocycles. The van der Waals surface area contributed by atoms with Gasteiger partial charge >= 0.3 is 19.6 Å². The maximum atomic E-state index is 14.1. The number of rotatable bonds is 14. The van der Waals surface area contributed by atoms with E-state index in [2.05, 4.69) is 25.1 Å². The van der Waals surface area contributed by atoms with E-state index in [1.54, 1.807) is 24.3 Å². The zero-order valence-corrected chi connectivity index (χ0v) is 26.2. The smallest absolute Gasteiger partial charge is 0.342 e. The molecule has 0 aliphatic carbocycles. The van der Waals surface area contributed by atoms with Gasteiger partial charge in [0.05, 0.1) is 19.0 Å². The number of nitrogens with one attached hydrogen (secondary N) is 2. The number of esters is 2. The first-order chi connectivity index (χ1) is 22.1. The van der Waals surface area contributed by atoms with Crippen molar-refractivity contribution in [3.63, 3.8) is 0 Å². The fourth-order valence-electron chi connectivity index (χ4n) is 4.77. The lowest BCUT2D eigenvalue weighted by atomic mass is 10.2. The Balaban J connectivity index is 1.24. The average Bonchev–Trinajstić information content (AvgIpc) is 3.66. The van der Waals surface area contributed by atoms with Crippen molar-refractivity contribution in [1.29, 1.82) is 0 Å². The summed E-state index contributed by atoms with van der Waals surface area (Å²) in [6.45, 7) is 2.69. The molecular weight excluding hydrogens is 617 g/mol. The number of aliphatic hydroxyl groups excluding tert-OH is 1. The summed E-state index contributed by atoms with van der Waals surface area (Å²) in [4.78, 5) is 38.0.